The first-order chi connectivity index (χ1) is 9.34. The van der Waals surface area contributed by atoms with Gasteiger partial charge in [0.25, 0.3) is 0 Å². The summed E-state index contributed by atoms with van der Waals surface area (Å²) in [7, 11) is 0. The van der Waals surface area contributed by atoms with Crippen LogP contribution in [0.2, 0.25) is 0 Å². The molecule has 19 heavy (non-hydrogen) atoms. The summed E-state index contributed by atoms with van der Waals surface area (Å²) >= 11 is 1.48. The van der Waals surface area contributed by atoms with E-state index in [4.69, 9.17) is 0 Å². The van der Waals surface area contributed by atoms with Crippen LogP contribution in [0.5, 0.6) is 0 Å². The quantitative estimate of drug-likeness (QED) is 0.789. The Bertz CT molecular complexity index is 577. The van der Waals surface area contributed by atoms with Crippen LogP contribution in [0.25, 0.3) is 0 Å². The Hall–Kier alpha value is -1.54. The second-order valence-electron chi connectivity index (χ2n) is 4.85. The van der Waals surface area contributed by atoms with Gasteiger partial charge in [0, 0.05) is 10.8 Å². The number of thioether (sulfide) groups is 1. The van der Waals surface area contributed by atoms with Gasteiger partial charge in [-0.25, -0.2) is 0 Å². The third-order valence-electron chi connectivity index (χ3n) is 3.57. The van der Waals surface area contributed by atoms with Crippen molar-refractivity contribution < 1.29 is 4.79 Å². The number of aryl methyl sites for hydroxylation is 1. The maximum atomic E-state index is 12.3. The molecule has 0 aliphatic heterocycles. The van der Waals surface area contributed by atoms with E-state index in [9.17, 15) is 4.79 Å². The van der Waals surface area contributed by atoms with Crippen molar-refractivity contribution in [3.8, 4) is 0 Å². The summed E-state index contributed by atoms with van der Waals surface area (Å²) in [6.07, 6.45) is 3.42. The largest absolute Gasteiger partial charge is 0.282 e. The molecule has 0 spiro atoms. The third kappa shape index (κ3) is 2.74. The molecule has 96 valence electrons. The van der Waals surface area contributed by atoms with Gasteiger partial charge in [-0.05, 0) is 30.4 Å². The first-order valence-electron chi connectivity index (χ1n) is 6.68. The summed E-state index contributed by atoms with van der Waals surface area (Å²) in [5, 5.41) is 0.500. The van der Waals surface area contributed by atoms with E-state index >= 15 is 0 Å². The standard InChI is InChI=1S/C17H16OS/c18-17(14-8-2-1-3-9-14)19-16-12-6-10-13-7-4-5-11-15(13)16/h1-5,7-9,11,16H,6,10,12H2. The summed E-state index contributed by atoms with van der Waals surface area (Å²) < 4.78 is 0. The van der Waals surface area contributed by atoms with Gasteiger partial charge in [0.2, 0.25) is 5.12 Å². The van der Waals surface area contributed by atoms with Crippen LogP contribution in [0.3, 0.4) is 0 Å². The van der Waals surface area contributed by atoms with Crippen molar-refractivity contribution in [1.29, 1.82) is 0 Å². The van der Waals surface area contributed by atoms with E-state index in [0.717, 1.165) is 18.4 Å². The Morgan fingerprint density at radius 3 is 2.58 bits per heavy atom. The van der Waals surface area contributed by atoms with Gasteiger partial charge in [0.05, 0.1) is 0 Å². The summed E-state index contributed by atoms with van der Waals surface area (Å²) in [5.41, 5.74) is 3.56. The smallest absolute Gasteiger partial charge is 0.219 e. The molecule has 2 aromatic rings. The number of hydrogen-bond donors (Lipinski definition) is 0. The molecule has 2 aromatic carbocycles. The van der Waals surface area contributed by atoms with Crippen molar-refractivity contribution in [1.82, 2.24) is 0 Å². The number of rotatable bonds is 2. The topological polar surface area (TPSA) is 17.1 Å². The van der Waals surface area contributed by atoms with Crippen LogP contribution in [0.4, 0.5) is 0 Å². The highest BCUT2D eigenvalue weighted by Crippen LogP contribution is 2.40. The fourth-order valence-corrected chi connectivity index (χ4v) is 3.78. The van der Waals surface area contributed by atoms with Crippen LogP contribution < -0.4 is 0 Å². The Kier molecular flexibility index (Phi) is 3.69. The average molecular weight is 268 g/mol. The lowest BCUT2D eigenvalue weighted by atomic mass is 9.91. The van der Waals surface area contributed by atoms with E-state index in [0.29, 0.717) is 5.25 Å². The molecular formula is C17H16OS. The van der Waals surface area contributed by atoms with Gasteiger partial charge in [0.1, 0.15) is 0 Å². The molecular weight excluding hydrogens is 252 g/mol. The fraction of sp³-hybridized carbons (Fsp3) is 0.235. The van der Waals surface area contributed by atoms with Gasteiger partial charge in [-0.2, -0.15) is 0 Å². The van der Waals surface area contributed by atoms with E-state index in [1.54, 1.807) is 0 Å². The Morgan fingerprint density at radius 1 is 1.00 bits per heavy atom. The summed E-state index contributed by atoms with van der Waals surface area (Å²) in [6, 6.07) is 18.1. The normalized spacial score (nSPS) is 17.8. The number of hydrogen-bond acceptors (Lipinski definition) is 2. The third-order valence-corrected chi connectivity index (χ3v) is 4.80. The second-order valence-corrected chi connectivity index (χ2v) is 6.03. The van der Waals surface area contributed by atoms with Crippen molar-refractivity contribution in [3.63, 3.8) is 0 Å². The zero-order chi connectivity index (χ0) is 13.1. The predicted molar refractivity (Wildman–Crippen MR) is 80.5 cm³/mol. The molecule has 0 bridgehead atoms. The lowest BCUT2D eigenvalue weighted by molar-refractivity contribution is 0.108. The first kappa shape index (κ1) is 12.5. The lowest BCUT2D eigenvalue weighted by Gasteiger charge is -2.24. The van der Waals surface area contributed by atoms with Crippen LogP contribution >= 0.6 is 11.8 Å². The monoisotopic (exact) mass is 268 g/mol. The molecule has 0 heterocycles. The Balaban J connectivity index is 1.80. The van der Waals surface area contributed by atoms with Crippen molar-refractivity contribution in [3.05, 3.63) is 71.3 Å². The van der Waals surface area contributed by atoms with Crippen LogP contribution in [-0.2, 0) is 6.42 Å². The van der Waals surface area contributed by atoms with E-state index in [1.807, 2.05) is 30.3 Å². The van der Waals surface area contributed by atoms with E-state index in [-0.39, 0.29) is 5.12 Å². The predicted octanol–water partition coefficient (Wildman–Crippen LogP) is 4.64. The van der Waals surface area contributed by atoms with Crippen LogP contribution in [0.1, 0.15) is 39.6 Å². The number of fused-ring (bicyclic) bond motifs is 1. The van der Waals surface area contributed by atoms with Gasteiger partial charge >= 0.3 is 0 Å². The fourth-order valence-electron chi connectivity index (χ4n) is 2.60. The van der Waals surface area contributed by atoms with Crippen molar-refractivity contribution in [2.45, 2.75) is 24.5 Å². The molecule has 0 radical (unpaired) electrons. The molecule has 0 N–H and O–H groups in total. The highest BCUT2D eigenvalue weighted by molar-refractivity contribution is 8.14. The average Bonchev–Trinajstić information content (AvgIpc) is 2.48. The van der Waals surface area contributed by atoms with Gasteiger partial charge in [-0.15, -0.1) is 0 Å². The van der Waals surface area contributed by atoms with Crippen molar-refractivity contribution in [2.24, 2.45) is 0 Å². The molecule has 1 aliphatic carbocycles. The van der Waals surface area contributed by atoms with Gasteiger partial charge in [-0.3, -0.25) is 4.79 Å². The highest BCUT2D eigenvalue weighted by atomic mass is 32.2. The van der Waals surface area contributed by atoms with Crippen LogP contribution in [0, 0.1) is 0 Å². The molecule has 1 unspecified atom stereocenters. The van der Waals surface area contributed by atoms with Gasteiger partial charge < -0.3 is 0 Å². The summed E-state index contributed by atoms with van der Waals surface area (Å²) in [5.74, 6) is 0. The first-order valence-corrected chi connectivity index (χ1v) is 7.56. The van der Waals surface area contributed by atoms with E-state index in [1.165, 1.54) is 29.3 Å². The molecule has 0 fully saturated rings. The Labute approximate surface area is 118 Å². The van der Waals surface area contributed by atoms with Crippen LogP contribution in [-0.4, -0.2) is 5.12 Å². The summed E-state index contributed by atoms with van der Waals surface area (Å²) in [4.78, 5) is 12.3. The highest BCUT2D eigenvalue weighted by Gasteiger charge is 2.23. The van der Waals surface area contributed by atoms with Crippen molar-refractivity contribution >= 4 is 16.9 Å². The van der Waals surface area contributed by atoms with Gasteiger partial charge in [0.15, 0.2) is 0 Å². The summed E-state index contributed by atoms with van der Waals surface area (Å²) in [6.45, 7) is 0. The minimum absolute atomic E-state index is 0.183. The molecule has 0 saturated heterocycles. The number of benzene rings is 2. The van der Waals surface area contributed by atoms with Crippen molar-refractivity contribution in [2.75, 3.05) is 0 Å². The minimum atomic E-state index is 0.183. The lowest BCUT2D eigenvalue weighted by Crippen LogP contribution is -2.09. The number of carbonyl (C=O) groups is 1. The van der Waals surface area contributed by atoms with E-state index < -0.39 is 0 Å². The molecule has 0 aromatic heterocycles. The Morgan fingerprint density at radius 2 is 1.74 bits per heavy atom. The van der Waals surface area contributed by atoms with Crippen LogP contribution in [0.15, 0.2) is 54.6 Å². The number of carbonyl (C=O) groups excluding carboxylic acids is 1. The van der Waals surface area contributed by atoms with Gasteiger partial charge in [-0.1, -0.05) is 66.4 Å². The minimum Gasteiger partial charge on any atom is -0.282 e. The maximum absolute atomic E-state index is 12.3. The molecule has 1 nitrogen and oxygen atoms in total. The molecule has 1 aliphatic rings. The molecule has 0 saturated carbocycles. The molecule has 0 amide bonds. The maximum Gasteiger partial charge on any atom is 0.219 e. The molecule has 1 atom stereocenters. The zero-order valence-corrected chi connectivity index (χ0v) is 11.5. The SMILES string of the molecule is O=C(SC1CCCc2ccccc21)c1ccccc1. The molecule has 3 rings (SSSR count). The van der Waals surface area contributed by atoms with E-state index in [2.05, 4.69) is 24.3 Å². The zero-order valence-electron chi connectivity index (χ0n) is 10.7. The second kappa shape index (κ2) is 5.62. The molecule has 2 heteroatoms.